The molecule has 0 aliphatic carbocycles. The molecule has 1 unspecified atom stereocenters. The van der Waals surface area contributed by atoms with E-state index in [9.17, 15) is 0 Å². The molecule has 130 valence electrons. The third kappa shape index (κ3) is 4.02. The summed E-state index contributed by atoms with van der Waals surface area (Å²) >= 11 is 7.51. The van der Waals surface area contributed by atoms with E-state index >= 15 is 0 Å². The number of benzene rings is 1. The SMILES string of the molecule is Clc1cccc(-c2cnc(CSc3nnnn3CC3CCCO3)o2)c1. The highest BCUT2D eigenvalue weighted by Gasteiger charge is 2.19. The van der Waals surface area contributed by atoms with Crippen LogP contribution in [0.15, 0.2) is 40.0 Å². The number of aromatic nitrogens is 5. The average Bonchev–Trinajstić information content (AvgIpc) is 3.36. The Hall–Kier alpha value is -1.90. The van der Waals surface area contributed by atoms with Gasteiger partial charge in [0, 0.05) is 17.2 Å². The maximum Gasteiger partial charge on any atom is 0.209 e. The van der Waals surface area contributed by atoms with Crippen molar-refractivity contribution in [1.82, 2.24) is 25.2 Å². The van der Waals surface area contributed by atoms with Crippen LogP contribution in [0.5, 0.6) is 0 Å². The molecule has 1 saturated heterocycles. The molecule has 3 heterocycles. The van der Waals surface area contributed by atoms with Crippen molar-refractivity contribution < 1.29 is 9.15 Å². The monoisotopic (exact) mass is 377 g/mol. The number of nitrogens with zero attached hydrogens (tertiary/aromatic N) is 5. The van der Waals surface area contributed by atoms with Crippen LogP contribution in [-0.4, -0.2) is 37.9 Å². The van der Waals surface area contributed by atoms with E-state index in [1.165, 1.54) is 11.8 Å². The summed E-state index contributed by atoms with van der Waals surface area (Å²) in [5.41, 5.74) is 0.902. The van der Waals surface area contributed by atoms with E-state index in [1.807, 2.05) is 24.3 Å². The van der Waals surface area contributed by atoms with Crippen LogP contribution in [-0.2, 0) is 17.0 Å². The maximum absolute atomic E-state index is 6.02. The molecule has 4 rings (SSSR count). The van der Waals surface area contributed by atoms with Gasteiger partial charge in [0.1, 0.15) is 0 Å². The highest BCUT2D eigenvalue weighted by Crippen LogP contribution is 2.26. The molecular weight excluding hydrogens is 362 g/mol. The van der Waals surface area contributed by atoms with Gasteiger partial charge in [0.2, 0.25) is 11.0 Å². The number of rotatable bonds is 6. The molecule has 1 aliphatic heterocycles. The molecule has 1 aromatic carbocycles. The van der Waals surface area contributed by atoms with Gasteiger partial charge in [0.25, 0.3) is 0 Å². The molecule has 0 saturated carbocycles. The van der Waals surface area contributed by atoms with Gasteiger partial charge in [0.15, 0.2) is 5.76 Å². The summed E-state index contributed by atoms with van der Waals surface area (Å²) in [4.78, 5) is 4.32. The van der Waals surface area contributed by atoms with Gasteiger partial charge in [0.05, 0.1) is 24.6 Å². The van der Waals surface area contributed by atoms with Crippen molar-refractivity contribution in [2.24, 2.45) is 0 Å². The summed E-state index contributed by atoms with van der Waals surface area (Å²) in [6.45, 7) is 1.49. The van der Waals surface area contributed by atoms with Crippen molar-refractivity contribution in [1.29, 1.82) is 0 Å². The summed E-state index contributed by atoms with van der Waals surface area (Å²) in [7, 11) is 0. The first-order chi connectivity index (χ1) is 12.3. The van der Waals surface area contributed by atoms with E-state index in [2.05, 4.69) is 20.5 Å². The average molecular weight is 378 g/mol. The Morgan fingerprint density at radius 2 is 2.32 bits per heavy atom. The molecule has 9 heteroatoms. The Bertz CT molecular complexity index is 846. The van der Waals surface area contributed by atoms with Crippen molar-refractivity contribution in [3.63, 3.8) is 0 Å². The summed E-state index contributed by atoms with van der Waals surface area (Å²) in [6.07, 6.45) is 4.04. The number of oxazole rings is 1. The number of halogens is 1. The third-order valence-corrected chi connectivity index (χ3v) is 5.06. The lowest BCUT2D eigenvalue weighted by molar-refractivity contribution is 0.0912. The predicted molar refractivity (Wildman–Crippen MR) is 93.3 cm³/mol. The number of ether oxygens (including phenoxy) is 1. The van der Waals surface area contributed by atoms with Crippen molar-refractivity contribution in [3.05, 3.63) is 41.4 Å². The second-order valence-electron chi connectivity index (χ2n) is 5.70. The van der Waals surface area contributed by atoms with Crippen molar-refractivity contribution in [2.45, 2.75) is 36.4 Å². The Balaban J connectivity index is 1.40. The van der Waals surface area contributed by atoms with Gasteiger partial charge in [-0.25, -0.2) is 9.67 Å². The summed E-state index contributed by atoms with van der Waals surface area (Å²) < 4.78 is 13.2. The molecule has 7 nitrogen and oxygen atoms in total. The topological polar surface area (TPSA) is 78.9 Å². The fraction of sp³-hybridized carbons (Fsp3) is 0.375. The Kier molecular flexibility index (Phi) is 5.00. The molecule has 0 amide bonds. The van der Waals surface area contributed by atoms with Crippen LogP contribution in [0.3, 0.4) is 0 Å². The quantitative estimate of drug-likeness (QED) is 0.608. The van der Waals surface area contributed by atoms with E-state index in [4.69, 9.17) is 20.8 Å². The fourth-order valence-corrected chi connectivity index (χ4v) is 3.60. The number of tetrazole rings is 1. The van der Waals surface area contributed by atoms with E-state index in [1.54, 1.807) is 10.9 Å². The van der Waals surface area contributed by atoms with Gasteiger partial charge < -0.3 is 9.15 Å². The van der Waals surface area contributed by atoms with E-state index in [-0.39, 0.29) is 6.10 Å². The zero-order valence-corrected chi connectivity index (χ0v) is 14.9. The van der Waals surface area contributed by atoms with Crippen molar-refractivity contribution >= 4 is 23.4 Å². The summed E-state index contributed by atoms with van der Waals surface area (Å²) in [5.74, 6) is 1.86. The largest absolute Gasteiger partial charge is 0.440 e. The molecule has 25 heavy (non-hydrogen) atoms. The molecule has 0 N–H and O–H groups in total. The first-order valence-corrected chi connectivity index (χ1v) is 9.35. The fourth-order valence-electron chi connectivity index (χ4n) is 2.67. The molecule has 2 aromatic heterocycles. The maximum atomic E-state index is 6.02. The zero-order valence-electron chi connectivity index (χ0n) is 13.3. The lowest BCUT2D eigenvalue weighted by Crippen LogP contribution is -2.16. The van der Waals surface area contributed by atoms with Crippen LogP contribution >= 0.6 is 23.4 Å². The number of hydrogen-bond acceptors (Lipinski definition) is 7. The minimum atomic E-state index is 0.194. The number of hydrogen-bond donors (Lipinski definition) is 0. The smallest absolute Gasteiger partial charge is 0.209 e. The van der Waals surface area contributed by atoms with Crippen molar-refractivity contribution in [3.8, 4) is 11.3 Å². The van der Waals surface area contributed by atoms with Crippen LogP contribution in [0.25, 0.3) is 11.3 Å². The second-order valence-corrected chi connectivity index (χ2v) is 7.07. The van der Waals surface area contributed by atoms with Gasteiger partial charge >= 0.3 is 0 Å². The lowest BCUT2D eigenvalue weighted by atomic mass is 10.2. The molecule has 1 atom stereocenters. The lowest BCUT2D eigenvalue weighted by Gasteiger charge is -2.09. The molecular formula is C16H16ClN5O2S. The Morgan fingerprint density at radius 1 is 1.36 bits per heavy atom. The van der Waals surface area contributed by atoms with Gasteiger partial charge in [-0.2, -0.15) is 0 Å². The summed E-state index contributed by atoms with van der Waals surface area (Å²) in [6, 6.07) is 7.49. The highest BCUT2D eigenvalue weighted by atomic mass is 35.5. The van der Waals surface area contributed by atoms with Crippen molar-refractivity contribution in [2.75, 3.05) is 6.61 Å². The molecule has 0 bridgehead atoms. The van der Waals surface area contributed by atoms with Crippen LogP contribution in [0.4, 0.5) is 0 Å². The van der Waals surface area contributed by atoms with Gasteiger partial charge in [-0.05, 0) is 35.4 Å². The molecule has 1 aliphatic rings. The van der Waals surface area contributed by atoms with Gasteiger partial charge in [-0.3, -0.25) is 0 Å². The van der Waals surface area contributed by atoms with Crippen LogP contribution in [0.2, 0.25) is 5.02 Å². The van der Waals surface area contributed by atoms with E-state index < -0.39 is 0 Å². The van der Waals surface area contributed by atoms with Gasteiger partial charge in [-0.15, -0.1) is 5.10 Å². The predicted octanol–water partition coefficient (Wildman–Crippen LogP) is 3.45. The minimum Gasteiger partial charge on any atom is -0.440 e. The van der Waals surface area contributed by atoms with Crippen LogP contribution in [0, 0.1) is 0 Å². The first kappa shape index (κ1) is 16.6. The normalized spacial score (nSPS) is 17.2. The third-order valence-electron chi connectivity index (χ3n) is 3.89. The molecule has 1 fully saturated rings. The zero-order chi connectivity index (χ0) is 17.1. The highest BCUT2D eigenvalue weighted by molar-refractivity contribution is 7.98. The van der Waals surface area contributed by atoms with Crippen LogP contribution < -0.4 is 0 Å². The second kappa shape index (κ2) is 7.55. The number of thioether (sulfide) groups is 1. The standard InChI is InChI=1S/C16H16ClN5O2S/c17-12-4-1-3-11(7-12)14-8-18-15(24-14)10-25-16-19-20-21-22(16)9-13-5-2-6-23-13/h1,3-4,7-8,13H,2,5-6,9-10H2. The molecule has 0 radical (unpaired) electrons. The molecule has 0 spiro atoms. The van der Waals surface area contributed by atoms with Crippen LogP contribution in [0.1, 0.15) is 18.7 Å². The Morgan fingerprint density at radius 3 is 3.16 bits per heavy atom. The minimum absolute atomic E-state index is 0.194. The molecule has 3 aromatic rings. The van der Waals surface area contributed by atoms with E-state index in [0.29, 0.717) is 29.0 Å². The first-order valence-electron chi connectivity index (χ1n) is 7.99. The van der Waals surface area contributed by atoms with Gasteiger partial charge in [-0.1, -0.05) is 35.5 Å². The van der Waals surface area contributed by atoms with E-state index in [0.717, 1.165) is 30.2 Å². The Labute approximate surface area is 153 Å². The summed E-state index contributed by atoms with van der Waals surface area (Å²) in [5, 5.41) is 13.3.